The zero-order chi connectivity index (χ0) is 24.5. The van der Waals surface area contributed by atoms with Crippen LogP contribution in [0.25, 0.3) is 10.7 Å². The molecule has 0 radical (unpaired) electrons. The monoisotopic (exact) mass is 476 g/mol. The first-order valence-corrected chi connectivity index (χ1v) is 11.4. The quantitative estimate of drug-likeness (QED) is 0.533. The molecule has 2 aliphatic rings. The van der Waals surface area contributed by atoms with Gasteiger partial charge >= 0.3 is 0 Å². The van der Waals surface area contributed by atoms with Crippen LogP contribution in [0.5, 0.6) is 0 Å². The summed E-state index contributed by atoms with van der Waals surface area (Å²) in [6.45, 7) is 14.0. The summed E-state index contributed by atoms with van der Waals surface area (Å²) in [6, 6.07) is 6.85. The SMILES string of the molecule is [C-]#[N+]c1c(F)ccc([C@H]2CN3CCN(C(=O)Cc4ccc(-n5cnnn5)nc4C)C[C@H]3CO2)c1C. The minimum atomic E-state index is -0.502. The van der Waals surface area contributed by atoms with Crippen molar-refractivity contribution in [3.63, 3.8) is 0 Å². The Morgan fingerprint density at radius 1 is 1.23 bits per heavy atom. The number of aryl methyl sites for hydroxylation is 1. The van der Waals surface area contributed by atoms with Crippen molar-refractivity contribution in [2.75, 3.05) is 32.8 Å². The highest BCUT2D eigenvalue weighted by Crippen LogP contribution is 2.34. The van der Waals surface area contributed by atoms with E-state index in [1.54, 1.807) is 19.1 Å². The molecule has 0 bridgehead atoms. The summed E-state index contributed by atoms with van der Waals surface area (Å²) in [5.41, 5.74) is 3.17. The van der Waals surface area contributed by atoms with Crippen LogP contribution in [-0.2, 0) is 16.0 Å². The molecule has 180 valence electrons. The predicted octanol–water partition coefficient (Wildman–Crippen LogP) is 2.19. The zero-order valence-electron chi connectivity index (χ0n) is 19.6. The van der Waals surface area contributed by atoms with Gasteiger partial charge in [0.15, 0.2) is 5.82 Å². The van der Waals surface area contributed by atoms with E-state index < -0.39 is 5.82 Å². The molecule has 0 spiro atoms. The Balaban J connectivity index is 1.21. The number of tetrazole rings is 1. The van der Waals surface area contributed by atoms with Gasteiger partial charge in [-0.1, -0.05) is 12.1 Å². The lowest BCUT2D eigenvalue weighted by molar-refractivity contribution is -0.139. The first-order valence-electron chi connectivity index (χ1n) is 11.4. The first-order chi connectivity index (χ1) is 16.9. The van der Waals surface area contributed by atoms with Crippen LogP contribution in [0.15, 0.2) is 30.6 Å². The van der Waals surface area contributed by atoms with Gasteiger partial charge in [-0.2, -0.15) is 4.68 Å². The second kappa shape index (κ2) is 9.48. The molecular weight excluding hydrogens is 451 g/mol. The lowest BCUT2D eigenvalue weighted by Gasteiger charge is -2.46. The summed E-state index contributed by atoms with van der Waals surface area (Å²) in [4.78, 5) is 25.2. The van der Waals surface area contributed by atoms with Gasteiger partial charge in [-0.3, -0.25) is 9.69 Å². The maximum absolute atomic E-state index is 13.9. The van der Waals surface area contributed by atoms with Crippen molar-refractivity contribution in [1.29, 1.82) is 0 Å². The Hall–Kier alpha value is -3.75. The highest BCUT2D eigenvalue weighted by molar-refractivity contribution is 5.79. The number of fused-ring (bicyclic) bond motifs is 1. The fourth-order valence-corrected chi connectivity index (χ4v) is 4.80. The Morgan fingerprint density at radius 3 is 2.83 bits per heavy atom. The van der Waals surface area contributed by atoms with Gasteiger partial charge in [0.05, 0.1) is 31.7 Å². The number of piperazine rings is 1. The van der Waals surface area contributed by atoms with Crippen LogP contribution in [0.3, 0.4) is 0 Å². The number of hydrogen-bond acceptors (Lipinski definition) is 7. The molecule has 2 saturated heterocycles. The number of carbonyl (C=O) groups is 1. The normalized spacial score (nSPS) is 20.3. The van der Waals surface area contributed by atoms with Crippen LogP contribution in [0.1, 0.15) is 28.5 Å². The summed E-state index contributed by atoms with van der Waals surface area (Å²) in [5.74, 6) is 0.159. The molecule has 11 heteroatoms. The fraction of sp³-hybridized carbons (Fsp3) is 0.417. The van der Waals surface area contributed by atoms with Crippen LogP contribution in [0.2, 0.25) is 0 Å². The van der Waals surface area contributed by atoms with Gasteiger partial charge in [-0.15, -0.1) is 5.10 Å². The number of halogens is 1. The average molecular weight is 477 g/mol. The van der Waals surface area contributed by atoms with E-state index in [4.69, 9.17) is 11.3 Å². The molecule has 10 nitrogen and oxygen atoms in total. The smallest absolute Gasteiger partial charge is 0.227 e. The lowest BCUT2D eigenvalue weighted by Crippen LogP contribution is -2.59. The van der Waals surface area contributed by atoms with E-state index in [2.05, 4.69) is 30.3 Å². The van der Waals surface area contributed by atoms with Crippen molar-refractivity contribution in [2.45, 2.75) is 32.4 Å². The van der Waals surface area contributed by atoms with E-state index in [0.29, 0.717) is 37.6 Å². The molecule has 1 aromatic carbocycles. The van der Waals surface area contributed by atoms with E-state index in [1.807, 2.05) is 17.9 Å². The second-order valence-corrected chi connectivity index (χ2v) is 8.88. The van der Waals surface area contributed by atoms with Crippen molar-refractivity contribution in [1.82, 2.24) is 35.0 Å². The lowest BCUT2D eigenvalue weighted by atomic mass is 9.98. The predicted molar refractivity (Wildman–Crippen MR) is 123 cm³/mol. The second-order valence-electron chi connectivity index (χ2n) is 8.88. The third-order valence-corrected chi connectivity index (χ3v) is 6.84. The van der Waals surface area contributed by atoms with Crippen molar-refractivity contribution in [3.05, 3.63) is 70.2 Å². The fourth-order valence-electron chi connectivity index (χ4n) is 4.80. The van der Waals surface area contributed by atoms with Gasteiger partial charge in [-0.25, -0.2) is 14.2 Å². The van der Waals surface area contributed by atoms with E-state index in [9.17, 15) is 9.18 Å². The standard InChI is InChI=1S/C24H25FN8O2/c1-15-19(5-6-20(25)24(15)26-3)21-12-31-8-9-32(11-18(31)13-35-21)23(34)10-17-4-7-22(28-16(17)2)33-14-27-29-30-33/h4-7,14,18,21H,8-13H2,1-2H3/t18-,21+/m0/s1. The van der Waals surface area contributed by atoms with E-state index in [-0.39, 0.29) is 30.2 Å². The number of hydrogen-bond donors (Lipinski definition) is 0. The topological polar surface area (TPSA) is 93.6 Å². The van der Waals surface area contributed by atoms with Crippen molar-refractivity contribution < 1.29 is 13.9 Å². The molecule has 5 rings (SSSR count). The highest BCUT2D eigenvalue weighted by atomic mass is 19.1. The number of rotatable bonds is 4. The summed E-state index contributed by atoms with van der Waals surface area (Å²) >= 11 is 0. The minimum Gasteiger partial charge on any atom is -0.371 e. The molecule has 2 aromatic heterocycles. The molecule has 2 fully saturated rings. The Labute approximate surface area is 202 Å². The first kappa shape index (κ1) is 23.0. The number of aromatic nitrogens is 5. The summed E-state index contributed by atoms with van der Waals surface area (Å²) in [5, 5.41) is 11.1. The van der Waals surface area contributed by atoms with Crippen LogP contribution >= 0.6 is 0 Å². The molecule has 1 amide bonds. The molecule has 3 aromatic rings. The third kappa shape index (κ3) is 4.50. The number of amides is 1. The largest absolute Gasteiger partial charge is 0.371 e. The molecule has 4 heterocycles. The van der Waals surface area contributed by atoms with Gasteiger partial charge in [0, 0.05) is 31.9 Å². The van der Waals surface area contributed by atoms with Crippen molar-refractivity contribution >= 4 is 11.6 Å². The molecule has 0 aliphatic carbocycles. The summed E-state index contributed by atoms with van der Waals surface area (Å²) in [7, 11) is 0. The van der Waals surface area contributed by atoms with E-state index in [1.165, 1.54) is 17.1 Å². The molecule has 2 atom stereocenters. The van der Waals surface area contributed by atoms with Crippen LogP contribution in [0.4, 0.5) is 10.1 Å². The molecule has 35 heavy (non-hydrogen) atoms. The molecular formula is C24H25FN8O2. The van der Waals surface area contributed by atoms with Crippen molar-refractivity contribution in [2.24, 2.45) is 0 Å². The Kier molecular flexibility index (Phi) is 6.23. The minimum absolute atomic E-state index is 0.0550. The van der Waals surface area contributed by atoms with Gasteiger partial charge < -0.3 is 9.64 Å². The number of ether oxygens (including phenoxy) is 1. The van der Waals surface area contributed by atoms with Gasteiger partial charge in [0.2, 0.25) is 11.6 Å². The Morgan fingerprint density at radius 2 is 2.09 bits per heavy atom. The maximum Gasteiger partial charge on any atom is 0.227 e. The van der Waals surface area contributed by atoms with E-state index in [0.717, 1.165) is 23.4 Å². The molecule has 0 N–H and O–H groups in total. The van der Waals surface area contributed by atoms with Gasteiger partial charge in [-0.05, 0) is 53.1 Å². The van der Waals surface area contributed by atoms with Crippen LogP contribution in [0, 0.1) is 26.2 Å². The zero-order valence-corrected chi connectivity index (χ0v) is 19.6. The number of benzene rings is 1. The number of pyridine rings is 1. The van der Waals surface area contributed by atoms with E-state index >= 15 is 0 Å². The average Bonchev–Trinajstić information content (AvgIpc) is 3.40. The van der Waals surface area contributed by atoms with Gasteiger partial charge in [0.1, 0.15) is 12.1 Å². The maximum atomic E-state index is 13.9. The number of nitrogens with zero attached hydrogens (tertiary/aromatic N) is 8. The Bertz CT molecular complexity index is 1290. The summed E-state index contributed by atoms with van der Waals surface area (Å²) in [6.07, 6.45) is 1.53. The van der Waals surface area contributed by atoms with Gasteiger partial charge in [0.25, 0.3) is 0 Å². The molecule has 0 saturated carbocycles. The van der Waals surface area contributed by atoms with Crippen LogP contribution in [-0.4, -0.2) is 79.7 Å². The number of carbonyl (C=O) groups excluding carboxylic acids is 1. The number of morpholine rings is 1. The third-order valence-electron chi connectivity index (χ3n) is 6.84. The van der Waals surface area contributed by atoms with Crippen molar-refractivity contribution in [3.8, 4) is 5.82 Å². The molecule has 2 aliphatic heterocycles. The highest BCUT2D eigenvalue weighted by Gasteiger charge is 2.36. The van der Waals surface area contributed by atoms with Crippen LogP contribution < -0.4 is 0 Å². The molecule has 0 unspecified atom stereocenters. The summed E-state index contributed by atoms with van der Waals surface area (Å²) < 4.78 is 21.5.